The molecule has 0 bridgehead atoms. The predicted molar refractivity (Wildman–Crippen MR) is 81.2 cm³/mol. The molecule has 2 rings (SSSR count). The highest BCUT2D eigenvalue weighted by molar-refractivity contribution is 7.86. The van der Waals surface area contributed by atoms with Gasteiger partial charge in [0, 0.05) is 5.57 Å². The zero-order valence-corrected chi connectivity index (χ0v) is 13.2. The molecular weight excluding hydrogens is 306 g/mol. The summed E-state index contributed by atoms with van der Waals surface area (Å²) in [6, 6.07) is 5.75. The molecule has 0 aliphatic heterocycles. The van der Waals surface area contributed by atoms with Crippen LogP contribution in [0.15, 0.2) is 57.6 Å². The van der Waals surface area contributed by atoms with Crippen molar-refractivity contribution < 1.29 is 22.2 Å². The molecule has 0 saturated carbocycles. The van der Waals surface area contributed by atoms with E-state index in [9.17, 15) is 13.2 Å². The molecule has 0 unspecified atom stereocenters. The molecule has 1 aliphatic carbocycles. The topological polar surface area (TPSA) is 82.0 Å². The summed E-state index contributed by atoms with van der Waals surface area (Å²) in [6.07, 6.45) is 2.75. The Morgan fingerprint density at radius 1 is 1.00 bits per heavy atom. The largest absolute Gasteiger partial charge is 0.497 e. The quantitative estimate of drug-likeness (QED) is 0.627. The van der Waals surface area contributed by atoms with Crippen molar-refractivity contribution in [1.82, 2.24) is 0 Å². The molecule has 0 fully saturated rings. The smallest absolute Gasteiger partial charge is 0.358 e. The molecule has 0 atom stereocenters. The molecule has 0 amide bonds. The van der Waals surface area contributed by atoms with E-state index in [2.05, 4.69) is 5.16 Å². The molecule has 22 heavy (non-hydrogen) atoms. The van der Waals surface area contributed by atoms with E-state index < -0.39 is 10.1 Å². The maximum Gasteiger partial charge on any atom is 0.358 e. The Morgan fingerprint density at radius 2 is 1.64 bits per heavy atom. The maximum absolute atomic E-state index is 12.0. The molecule has 116 valence electrons. The second-order valence-corrected chi connectivity index (χ2v) is 6.16. The van der Waals surface area contributed by atoms with Crippen LogP contribution in [0.25, 0.3) is 0 Å². The van der Waals surface area contributed by atoms with Crippen LogP contribution in [0.3, 0.4) is 0 Å². The van der Waals surface area contributed by atoms with Crippen LogP contribution in [0.1, 0.15) is 13.8 Å². The van der Waals surface area contributed by atoms with Gasteiger partial charge in [-0.3, -0.25) is 9.08 Å². The molecule has 1 aromatic carbocycles. The van der Waals surface area contributed by atoms with Crippen molar-refractivity contribution in [2.45, 2.75) is 18.7 Å². The number of nitrogens with zero attached hydrogens (tertiary/aromatic N) is 1. The minimum absolute atomic E-state index is 0.0353. The van der Waals surface area contributed by atoms with Crippen LogP contribution in [0.2, 0.25) is 0 Å². The summed E-state index contributed by atoms with van der Waals surface area (Å²) in [5.41, 5.74) is 1.39. The molecule has 0 aromatic heterocycles. The van der Waals surface area contributed by atoms with Crippen molar-refractivity contribution in [2.75, 3.05) is 7.11 Å². The van der Waals surface area contributed by atoms with Gasteiger partial charge in [-0.05, 0) is 55.8 Å². The van der Waals surface area contributed by atoms with Crippen LogP contribution in [0.4, 0.5) is 0 Å². The third kappa shape index (κ3) is 3.25. The van der Waals surface area contributed by atoms with Crippen molar-refractivity contribution in [1.29, 1.82) is 0 Å². The average Bonchev–Trinajstić information content (AvgIpc) is 2.52. The van der Waals surface area contributed by atoms with Crippen molar-refractivity contribution in [3.8, 4) is 5.75 Å². The lowest BCUT2D eigenvalue weighted by atomic mass is 9.97. The molecule has 1 aromatic rings. The first-order valence-electron chi connectivity index (χ1n) is 6.41. The number of carbonyl (C=O) groups excluding carboxylic acids is 1. The molecule has 1 aliphatic rings. The van der Waals surface area contributed by atoms with Crippen LogP contribution in [0, 0.1) is 0 Å². The number of carbonyl (C=O) groups is 1. The van der Waals surface area contributed by atoms with Gasteiger partial charge in [-0.15, -0.1) is 0 Å². The summed E-state index contributed by atoms with van der Waals surface area (Å²) in [7, 11) is -2.54. The molecule has 0 spiro atoms. The lowest BCUT2D eigenvalue weighted by Gasteiger charge is -2.10. The van der Waals surface area contributed by atoms with Gasteiger partial charge in [-0.2, -0.15) is 8.42 Å². The van der Waals surface area contributed by atoms with E-state index in [0.29, 0.717) is 22.6 Å². The van der Waals surface area contributed by atoms with Gasteiger partial charge in [0.2, 0.25) is 0 Å². The number of ketones is 1. The van der Waals surface area contributed by atoms with Crippen LogP contribution >= 0.6 is 0 Å². The SMILES string of the molecule is COc1ccc(S(=O)(=O)O/N=C2/C=CC(=O)C(C)=C2C)cc1. The van der Waals surface area contributed by atoms with Crippen LogP contribution in [-0.4, -0.2) is 27.0 Å². The zero-order chi connectivity index (χ0) is 16.3. The summed E-state index contributed by atoms with van der Waals surface area (Å²) >= 11 is 0. The molecule has 0 heterocycles. The summed E-state index contributed by atoms with van der Waals surface area (Å²) in [5.74, 6) is 0.405. The standard InChI is InChI=1S/C15H15NO5S/c1-10-11(2)15(17)9-8-14(10)16-21-22(18,19)13-6-4-12(20-3)5-7-13/h4-9H,1-3H3/b16-14-. The van der Waals surface area contributed by atoms with Crippen LogP contribution < -0.4 is 4.74 Å². The maximum atomic E-state index is 12.0. The molecule has 0 saturated heterocycles. The fraction of sp³-hybridized carbons (Fsp3) is 0.200. The molecule has 0 N–H and O–H groups in total. The van der Waals surface area contributed by atoms with Gasteiger partial charge in [0.15, 0.2) is 5.78 Å². The third-order valence-electron chi connectivity index (χ3n) is 3.29. The Hall–Kier alpha value is -2.41. The minimum Gasteiger partial charge on any atom is -0.497 e. The summed E-state index contributed by atoms with van der Waals surface area (Å²) < 4.78 is 33.8. The fourth-order valence-corrected chi connectivity index (χ4v) is 2.49. The minimum atomic E-state index is -4.02. The number of hydrogen-bond acceptors (Lipinski definition) is 6. The number of rotatable bonds is 4. The highest BCUT2D eigenvalue weighted by atomic mass is 32.2. The number of ether oxygens (including phenoxy) is 1. The van der Waals surface area contributed by atoms with Gasteiger partial charge in [0.1, 0.15) is 16.4 Å². The molecular formula is C15H15NO5S. The fourth-order valence-electron chi connectivity index (χ4n) is 1.76. The number of oxime groups is 1. The second-order valence-electron chi connectivity index (χ2n) is 4.63. The number of hydrogen-bond donors (Lipinski definition) is 0. The van der Waals surface area contributed by atoms with Crippen molar-refractivity contribution >= 4 is 21.6 Å². The molecule has 7 heteroatoms. The number of benzene rings is 1. The van der Waals surface area contributed by atoms with E-state index in [1.54, 1.807) is 13.8 Å². The van der Waals surface area contributed by atoms with Crippen molar-refractivity contribution in [3.63, 3.8) is 0 Å². The van der Waals surface area contributed by atoms with Gasteiger partial charge >= 0.3 is 10.1 Å². The van der Waals surface area contributed by atoms with Gasteiger partial charge in [-0.25, -0.2) is 0 Å². The second kappa shape index (κ2) is 6.15. The Bertz CT molecular complexity index is 786. The van der Waals surface area contributed by atoms with Gasteiger partial charge < -0.3 is 4.74 Å². The van der Waals surface area contributed by atoms with Crippen molar-refractivity contribution in [2.24, 2.45) is 5.16 Å². The lowest BCUT2D eigenvalue weighted by molar-refractivity contribution is -0.111. The molecule has 6 nitrogen and oxygen atoms in total. The Labute approximate surface area is 128 Å². The van der Waals surface area contributed by atoms with Gasteiger partial charge in [0.25, 0.3) is 0 Å². The van der Waals surface area contributed by atoms with E-state index in [-0.39, 0.29) is 10.7 Å². The first kappa shape index (κ1) is 16.0. The Balaban J connectivity index is 2.24. The zero-order valence-electron chi connectivity index (χ0n) is 12.4. The van der Waals surface area contributed by atoms with E-state index in [1.165, 1.54) is 43.5 Å². The molecule has 0 radical (unpaired) electrons. The van der Waals surface area contributed by atoms with Gasteiger partial charge in [0.05, 0.1) is 7.11 Å². The lowest BCUT2D eigenvalue weighted by Crippen LogP contribution is -2.12. The monoisotopic (exact) mass is 321 g/mol. The predicted octanol–water partition coefficient (Wildman–Crippen LogP) is 2.23. The van der Waals surface area contributed by atoms with E-state index >= 15 is 0 Å². The normalized spacial score (nSPS) is 17.0. The number of allylic oxidation sites excluding steroid dienone is 4. The van der Waals surface area contributed by atoms with Gasteiger partial charge in [-0.1, -0.05) is 5.16 Å². The van der Waals surface area contributed by atoms with E-state index in [0.717, 1.165) is 0 Å². The van der Waals surface area contributed by atoms with Crippen LogP contribution in [0.5, 0.6) is 5.75 Å². The number of methoxy groups -OCH3 is 1. The van der Waals surface area contributed by atoms with E-state index in [1.807, 2.05) is 0 Å². The highest BCUT2D eigenvalue weighted by Gasteiger charge is 2.18. The Morgan fingerprint density at radius 3 is 2.23 bits per heavy atom. The summed E-state index contributed by atoms with van der Waals surface area (Å²) in [6.45, 7) is 3.33. The third-order valence-corrected chi connectivity index (χ3v) is 4.41. The van der Waals surface area contributed by atoms with Crippen LogP contribution in [-0.2, 0) is 19.2 Å². The van der Waals surface area contributed by atoms with E-state index in [4.69, 9.17) is 9.02 Å². The van der Waals surface area contributed by atoms with Crippen molar-refractivity contribution in [3.05, 3.63) is 47.6 Å². The Kier molecular flexibility index (Phi) is 4.46. The first-order valence-corrected chi connectivity index (χ1v) is 7.82. The summed E-state index contributed by atoms with van der Waals surface area (Å²) in [5, 5.41) is 3.64. The summed E-state index contributed by atoms with van der Waals surface area (Å²) in [4.78, 5) is 11.4. The first-order chi connectivity index (χ1) is 10.3. The average molecular weight is 321 g/mol. The highest BCUT2D eigenvalue weighted by Crippen LogP contribution is 2.19.